The fourth-order valence-electron chi connectivity index (χ4n) is 2.85. The number of carbonyl (C=O) groups is 1. The molecule has 3 aromatic rings. The number of urea groups is 1. The van der Waals surface area contributed by atoms with Gasteiger partial charge in [0.2, 0.25) is 0 Å². The molecule has 0 radical (unpaired) electrons. The molecule has 0 heterocycles. The summed E-state index contributed by atoms with van der Waals surface area (Å²) < 4.78 is 26.8. The van der Waals surface area contributed by atoms with Crippen LogP contribution in [-0.4, -0.2) is 14.4 Å². The highest BCUT2D eigenvalue weighted by molar-refractivity contribution is 9.10. The molecule has 0 unspecified atom stereocenters. The van der Waals surface area contributed by atoms with Crippen molar-refractivity contribution in [1.29, 1.82) is 0 Å². The first kappa shape index (κ1) is 22.3. The van der Waals surface area contributed by atoms with Gasteiger partial charge in [-0.15, -0.1) is 0 Å². The minimum atomic E-state index is -3.59. The molecule has 156 valence electrons. The van der Waals surface area contributed by atoms with Crippen molar-refractivity contribution in [1.82, 2.24) is 5.32 Å². The molecule has 3 rings (SSSR count). The number of sulfone groups is 1. The van der Waals surface area contributed by atoms with Crippen molar-refractivity contribution in [3.05, 3.63) is 92.9 Å². The van der Waals surface area contributed by atoms with Crippen molar-refractivity contribution in [3.63, 3.8) is 0 Å². The molecule has 0 spiro atoms. The van der Waals surface area contributed by atoms with Crippen molar-refractivity contribution in [2.24, 2.45) is 0 Å². The smallest absolute Gasteiger partial charge is 0.319 e. The number of aryl methyl sites for hydroxylation is 1. The molecular weight excluding hydrogens is 488 g/mol. The molecule has 0 fully saturated rings. The first-order chi connectivity index (χ1) is 14.2. The number of anilines is 1. The van der Waals surface area contributed by atoms with Gasteiger partial charge in [0.1, 0.15) is 0 Å². The van der Waals surface area contributed by atoms with Gasteiger partial charge in [-0.3, -0.25) is 0 Å². The number of amides is 2. The Morgan fingerprint density at radius 2 is 1.60 bits per heavy atom. The minimum absolute atomic E-state index is 0.149. The van der Waals surface area contributed by atoms with E-state index in [0.717, 1.165) is 10.0 Å². The lowest BCUT2D eigenvalue weighted by Gasteiger charge is -2.12. The number of carbonyl (C=O) groups excluding carboxylic acids is 1. The molecule has 0 aliphatic rings. The third kappa shape index (κ3) is 6.08. The molecule has 0 aromatic heterocycles. The van der Waals surface area contributed by atoms with Crippen molar-refractivity contribution in [2.75, 3.05) is 5.32 Å². The van der Waals surface area contributed by atoms with Gasteiger partial charge in [-0.1, -0.05) is 57.9 Å². The normalized spacial score (nSPS) is 11.2. The van der Waals surface area contributed by atoms with Crippen LogP contribution in [0.4, 0.5) is 10.5 Å². The number of hydrogen-bond donors (Lipinski definition) is 2. The Hall–Kier alpha value is -2.35. The Balaban J connectivity index is 1.70. The lowest BCUT2D eigenvalue weighted by atomic mass is 10.2. The van der Waals surface area contributed by atoms with Gasteiger partial charge in [0, 0.05) is 21.7 Å². The van der Waals surface area contributed by atoms with Crippen LogP contribution in [0.5, 0.6) is 0 Å². The largest absolute Gasteiger partial charge is 0.334 e. The predicted molar refractivity (Wildman–Crippen MR) is 124 cm³/mol. The molecule has 0 atom stereocenters. The fraction of sp³-hybridized carbons (Fsp3) is 0.136. The zero-order valence-electron chi connectivity index (χ0n) is 16.2. The van der Waals surface area contributed by atoms with Gasteiger partial charge in [-0.05, 0) is 60.0 Å². The van der Waals surface area contributed by atoms with E-state index in [0.29, 0.717) is 28.4 Å². The quantitative estimate of drug-likeness (QED) is 0.449. The maximum atomic E-state index is 12.9. The number of hydrogen-bond acceptors (Lipinski definition) is 3. The second-order valence-corrected chi connectivity index (χ2v) is 10.1. The third-order valence-electron chi connectivity index (χ3n) is 4.42. The number of rotatable bonds is 6. The highest BCUT2D eigenvalue weighted by atomic mass is 79.9. The van der Waals surface area contributed by atoms with E-state index in [4.69, 9.17) is 11.6 Å². The van der Waals surface area contributed by atoms with Gasteiger partial charge in [0.25, 0.3) is 0 Å². The summed E-state index contributed by atoms with van der Waals surface area (Å²) in [5, 5.41) is 6.00. The summed E-state index contributed by atoms with van der Waals surface area (Å²) in [6, 6.07) is 18.7. The van der Waals surface area contributed by atoms with Crippen LogP contribution in [0.3, 0.4) is 0 Å². The van der Waals surface area contributed by atoms with Gasteiger partial charge >= 0.3 is 6.03 Å². The van der Waals surface area contributed by atoms with Crippen LogP contribution in [0.1, 0.15) is 16.7 Å². The highest BCUT2D eigenvalue weighted by Crippen LogP contribution is 2.24. The zero-order valence-corrected chi connectivity index (χ0v) is 19.3. The van der Waals surface area contributed by atoms with E-state index in [-0.39, 0.29) is 10.6 Å². The van der Waals surface area contributed by atoms with Crippen LogP contribution < -0.4 is 10.6 Å². The lowest BCUT2D eigenvalue weighted by molar-refractivity contribution is 0.251. The summed E-state index contributed by atoms with van der Waals surface area (Å²) >= 11 is 9.24. The van der Waals surface area contributed by atoms with Crippen LogP contribution in [0.15, 0.2) is 76.1 Å². The molecule has 5 nitrogen and oxygen atoms in total. The third-order valence-corrected chi connectivity index (χ3v) is 7.02. The fourth-order valence-corrected chi connectivity index (χ4v) is 4.89. The standard InChI is InChI=1S/C22H20BrClN2O3S/c1-15-2-11-20(26-22(27)25-13-16-3-7-18(23)8-4-16)12-21(15)30(28,29)14-17-5-9-19(24)10-6-17/h2-12H,13-14H2,1H3,(H2,25,26,27). The van der Waals surface area contributed by atoms with Gasteiger partial charge in [0.15, 0.2) is 9.84 Å². The first-order valence-electron chi connectivity index (χ1n) is 9.10. The number of benzene rings is 3. The molecule has 0 aliphatic heterocycles. The van der Waals surface area contributed by atoms with E-state index in [9.17, 15) is 13.2 Å². The molecule has 2 N–H and O–H groups in total. The van der Waals surface area contributed by atoms with Gasteiger partial charge in [-0.2, -0.15) is 0 Å². The van der Waals surface area contributed by atoms with Crippen LogP contribution in [-0.2, 0) is 22.1 Å². The van der Waals surface area contributed by atoms with E-state index >= 15 is 0 Å². The summed E-state index contributed by atoms with van der Waals surface area (Å²) in [5.74, 6) is -0.149. The zero-order chi connectivity index (χ0) is 21.7. The van der Waals surface area contributed by atoms with Crippen LogP contribution >= 0.6 is 27.5 Å². The molecule has 2 amide bonds. The predicted octanol–water partition coefficient (Wildman–Crippen LogP) is 5.71. The average Bonchev–Trinajstić information content (AvgIpc) is 2.70. The van der Waals surface area contributed by atoms with Crippen molar-refractivity contribution < 1.29 is 13.2 Å². The van der Waals surface area contributed by atoms with E-state index in [1.807, 2.05) is 24.3 Å². The average molecular weight is 508 g/mol. The van der Waals surface area contributed by atoms with E-state index in [1.54, 1.807) is 43.3 Å². The van der Waals surface area contributed by atoms with Gasteiger partial charge in [0.05, 0.1) is 10.6 Å². The SMILES string of the molecule is Cc1ccc(NC(=O)NCc2ccc(Br)cc2)cc1S(=O)(=O)Cc1ccc(Cl)cc1. The Bertz CT molecular complexity index is 1150. The Labute approximate surface area is 189 Å². The van der Waals surface area contributed by atoms with Crippen molar-refractivity contribution in [3.8, 4) is 0 Å². The summed E-state index contributed by atoms with van der Waals surface area (Å²) in [6.45, 7) is 2.08. The molecule has 3 aromatic carbocycles. The molecule has 0 saturated carbocycles. The maximum Gasteiger partial charge on any atom is 0.319 e. The Morgan fingerprint density at radius 3 is 2.27 bits per heavy atom. The van der Waals surface area contributed by atoms with Crippen molar-refractivity contribution >= 4 is 49.1 Å². The maximum absolute atomic E-state index is 12.9. The molecular formula is C22H20BrClN2O3S. The summed E-state index contributed by atoms with van der Waals surface area (Å²) in [6.07, 6.45) is 0. The van der Waals surface area contributed by atoms with E-state index in [1.165, 1.54) is 6.07 Å². The van der Waals surface area contributed by atoms with Crippen LogP contribution in [0.2, 0.25) is 5.02 Å². The molecule has 8 heteroatoms. The Morgan fingerprint density at radius 1 is 0.967 bits per heavy atom. The monoisotopic (exact) mass is 506 g/mol. The summed E-state index contributed by atoms with van der Waals surface area (Å²) in [7, 11) is -3.59. The second-order valence-electron chi connectivity index (χ2n) is 6.80. The van der Waals surface area contributed by atoms with E-state index < -0.39 is 15.9 Å². The Kier molecular flexibility index (Phi) is 7.18. The second kappa shape index (κ2) is 9.64. The molecule has 0 saturated heterocycles. The van der Waals surface area contributed by atoms with Gasteiger partial charge in [-0.25, -0.2) is 13.2 Å². The molecule has 30 heavy (non-hydrogen) atoms. The highest BCUT2D eigenvalue weighted by Gasteiger charge is 2.19. The molecule has 0 aliphatic carbocycles. The topological polar surface area (TPSA) is 75.3 Å². The first-order valence-corrected chi connectivity index (χ1v) is 11.9. The number of halogens is 2. The van der Waals surface area contributed by atoms with Crippen LogP contribution in [0, 0.1) is 6.92 Å². The summed E-state index contributed by atoms with van der Waals surface area (Å²) in [4.78, 5) is 12.4. The van der Waals surface area contributed by atoms with Gasteiger partial charge < -0.3 is 10.6 Å². The summed E-state index contributed by atoms with van der Waals surface area (Å²) in [5.41, 5.74) is 2.61. The molecule has 0 bridgehead atoms. The number of nitrogens with one attached hydrogen (secondary N) is 2. The minimum Gasteiger partial charge on any atom is -0.334 e. The lowest BCUT2D eigenvalue weighted by Crippen LogP contribution is -2.28. The van der Waals surface area contributed by atoms with Crippen LogP contribution in [0.25, 0.3) is 0 Å². The van der Waals surface area contributed by atoms with Crippen molar-refractivity contribution in [2.45, 2.75) is 24.1 Å². The van der Waals surface area contributed by atoms with E-state index in [2.05, 4.69) is 26.6 Å².